The van der Waals surface area contributed by atoms with E-state index < -0.39 is 0 Å². The number of hydrogen-bond acceptors (Lipinski definition) is 1. The molecule has 1 aromatic heterocycles. The van der Waals surface area contributed by atoms with E-state index in [1.807, 2.05) is 19.1 Å². The van der Waals surface area contributed by atoms with Crippen molar-refractivity contribution >= 4 is 10.9 Å². The van der Waals surface area contributed by atoms with E-state index >= 15 is 0 Å². The van der Waals surface area contributed by atoms with E-state index in [-0.39, 0.29) is 5.43 Å². The number of H-pyrrole nitrogens is 1. The minimum atomic E-state index is 0.212. The summed E-state index contributed by atoms with van der Waals surface area (Å²) in [6.45, 7) is 11.6. The molecule has 0 amide bonds. The Morgan fingerprint density at radius 2 is 1.95 bits per heavy atom. The first kappa shape index (κ1) is 16.8. The Bertz CT molecular complexity index is 688. The van der Waals surface area contributed by atoms with Gasteiger partial charge in [-0.25, -0.2) is 0 Å². The Balaban J connectivity index is 2.45. The highest BCUT2D eigenvalue weighted by Gasteiger charge is 2.15. The Morgan fingerprint density at radius 3 is 2.59 bits per heavy atom. The molecule has 0 fully saturated rings. The van der Waals surface area contributed by atoms with Crippen LogP contribution in [-0.4, -0.2) is 18.1 Å². The predicted octanol–water partition coefficient (Wildman–Crippen LogP) is 2.60. The third kappa shape index (κ3) is 3.41. The number of aromatic amines is 1. The van der Waals surface area contributed by atoms with Gasteiger partial charge in [0.25, 0.3) is 0 Å². The Labute approximate surface area is 133 Å². The summed E-state index contributed by atoms with van der Waals surface area (Å²) in [5.41, 5.74) is 4.43. The van der Waals surface area contributed by atoms with Crippen LogP contribution in [0.1, 0.15) is 50.4 Å². The number of aryl methyl sites for hydroxylation is 2. The Morgan fingerprint density at radius 1 is 1.18 bits per heavy atom. The van der Waals surface area contributed by atoms with Crippen molar-refractivity contribution in [3.63, 3.8) is 0 Å². The minimum absolute atomic E-state index is 0.212. The van der Waals surface area contributed by atoms with Crippen LogP contribution in [0.3, 0.4) is 0 Å². The van der Waals surface area contributed by atoms with E-state index in [1.54, 1.807) is 0 Å². The van der Waals surface area contributed by atoms with E-state index in [9.17, 15) is 4.79 Å². The summed E-state index contributed by atoms with van der Waals surface area (Å²) in [7, 11) is 0. The summed E-state index contributed by atoms with van der Waals surface area (Å²) in [6, 6.07) is 6.05. The largest absolute Gasteiger partial charge is 0.358 e. The summed E-state index contributed by atoms with van der Waals surface area (Å²) < 4.78 is 0. The zero-order valence-corrected chi connectivity index (χ0v) is 14.4. The molecule has 3 nitrogen and oxygen atoms in total. The lowest BCUT2D eigenvalue weighted by Gasteiger charge is -2.19. The SMILES string of the molecule is CCCC[NH+](CC)Cc1c(C)[nH]c2c(CC)cccc2c1=O. The molecule has 1 unspecified atom stereocenters. The van der Waals surface area contributed by atoms with Crippen molar-refractivity contribution in [1.29, 1.82) is 0 Å². The summed E-state index contributed by atoms with van der Waals surface area (Å²) in [5.74, 6) is 0. The Kier molecular flexibility index (Phi) is 5.78. The molecule has 0 saturated carbocycles. The monoisotopic (exact) mass is 301 g/mol. The molecule has 0 spiro atoms. The van der Waals surface area contributed by atoms with Crippen LogP contribution in [0.5, 0.6) is 0 Å². The third-order valence-electron chi connectivity index (χ3n) is 4.63. The van der Waals surface area contributed by atoms with Gasteiger partial charge in [0.1, 0.15) is 6.54 Å². The zero-order chi connectivity index (χ0) is 16.1. The molecular weight excluding hydrogens is 272 g/mol. The number of rotatable bonds is 7. The van der Waals surface area contributed by atoms with Crippen molar-refractivity contribution in [3.05, 3.63) is 45.2 Å². The van der Waals surface area contributed by atoms with Gasteiger partial charge in [-0.1, -0.05) is 32.4 Å². The summed E-state index contributed by atoms with van der Waals surface area (Å²) in [4.78, 5) is 17.9. The number of hydrogen-bond donors (Lipinski definition) is 2. The molecule has 120 valence electrons. The van der Waals surface area contributed by atoms with E-state index in [0.717, 1.165) is 48.2 Å². The van der Waals surface area contributed by atoms with Gasteiger partial charge in [0.05, 0.1) is 24.2 Å². The summed E-state index contributed by atoms with van der Waals surface area (Å²) in [6.07, 6.45) is 3.36. The molecule has 0 aliphatic rings. The molecule has 0 aliphatic carbocycles. The molecule has 0 aliphatic heterocycles. The first-order valence-corrected chi connectivity index (χ1v) is 8.59. The summed E-state index contributed by atoms with van der Waals surface area (Å²) in [5, 5.41) is 0.839. The highest BCUT2D eigenvalue weighted by Crippen LogP contribution is 2.16. The lowest BCUT2D eigenvalue weighted by atomic mass is 10.0. The fourth-order valence-electron chi connectivity index (χ4n) is 3.11. The molecule has 1 atom stereocenters. The molecule has 0 saturated heterocycles. The van der Waals surface area contributed by atoms with E-state index in [1.165, 1.54) is 23.3 Å². The number of quaternary nitrogens is 1. The number of fused-ring (bicyclic) bond motifs is 1. The number of pyridine rings is 1. The van der Waals surface area contributed by atoms with Crippen LogP contribution in [0.25, 0.3) is 10.9 Å². The van der Waals surface area contributed by atoms with Crippen LogP contribution in [0.2, 0.25) is 0 Å². The highest BCUT2D eigenvalue weighted by molar-refractivity contribution is 5.82. The van der Waals surface area contributed by atoms with Crippen LogP contribution in [0.4, 0.5) is 0 Å². The van der Waals surface area contributed by atoms with Crippen molar-refractivity contribution in [1.82, 2.24) is 4.98 Å². The average molecular weight is 301 g/mol. The second-order valence-electron chi connectivity index (χ2n) is 6.13. The van der Waals surface area contributed by atoms with Crippen LogP contribution in [-0.2, 0) is 13.0 Å². The number of unbranched alkanes of at least 4 members (excludes halogenated alkanes) is 1. The van der Waals surface area contributed by atoms with E-state index in [0.29, 0.717) is 0 Å². The molecule has 1 heterocycles. The molecule has 2 N–H and O–H groups in total. The van der Waals surface area contributed by atoms with E-state index in [2.05, 4.69) is 31.8 Å². The van der Waals surface area contributed by atoms with Gasteiger partial charge in [-0.15, -0.1) is 0 Å². The zero-order valence-electron chi connectivity index (χ0n) is 14.4. The van der Waals surface area contributed by atoms with Crippen molar-refractivity contribution in [3.8, 4) is 0 Å². The molecule has 0 radical (unpaired) electrons. The third-order valence-corrected chi connectivity index (χ3v) is 4.63. The fraction of sp³-hybridized carbons (Fsp3) is 0.526. The fourth-order valence-corrected chi connectivity index (χ4v) is 3.11. The highest BCUT2D eigenvalue weighted by atomic mass is 16.1. The molecule has 2 aromatic rings. The Hall–Kier alpha value is -1.61. The van der Waals surface area contributed by atoms with Crippen molar-refractivity contribution in [2.45, 2.75) is 53.5 Å². The maximum atomic E-state index is 12.9. The van der Waals surface area contributed by atoms with Gasteiger partial charge >= 0.3 is 0 Å². The maximum Gasteiger partial charge on any atom is 0.198 e. The molecular formula is C19H29N2O+. The van der Waals surface area contributed by atoms with Gasteiger partial charge < -0.3 is 9.88 Å². The van der Waals surface area contributed by atoms with Gasteiger partial charge in [-0.05, 0) is 38.3 Å². The van der Waals surface area contributed by atoms with Gasteiger partial charge in [0.15, 0.2) is 5.43 Å². The first-order valence-electron chi connectivity index (χ1n) is 8.59. The average Bonchev–Trinajstić information content (AvgIpc) is 2.53. The molecule has 3 heteroatoms. The number of aromatic nitrogens is 1. The standard InChI is InChI=1S/C19H28N2O/c1-5-8-12-21(7-3)13-17-14(4)20-18-15(6-2)10-9-11-16(18)19(17)22/h9-11H,5-8,12-13H2,1-4H3,(H,20,22)/p+1. The first-order chi connectivity index (χ1) is 10.6. The van der Waals surface area contributed by atoms with Crippen LogP contribution >= 0.6 is 0 Å². The van der Waals surface area contributed by atoms with Crippen LogP contribution in [0.15, 0.2) is 23.0 Å². The van der Waals surface area contributed by atoms with Gasteiger partial charge in [0, 0.05) is 11.1 Å². The van der Waals surface area contributed by atoms with Crippen molar-refractivity contribution < 1.29 is 4.90 Å². The molecule has 1 aromatic carbocycles. The quantitative estimate of drug-likeness (QED) is 0.810. The topological polar surface area (TPSA) is 37.3 Å². The van der Waals surface area contributed by atoms with Gasteiger partial charge in [-0.3, -0.25) is 4.79 Å². The lowest BCUT2D eigenvalue weighted by Crippen LogP contribution is -3.10. The number of para-hydroxylation sites is 1. The van der Waals surface area contributed by atoms with Crippen molar-refractivity contribution in [2.24, 2.45) is 0 Å². The van der Waals surface area contributed by atoms with Crippen LogP contribution < -0.4 is 10.3 Å². The maximum absolute atomic E-state index is 12.9. The summed E-state index contributed by atoms with van der Waals surface area (Å²) >= 11 is 0. The molecule has 22 heavy (non-hydrogen) atoms. The number of benzene rings is 1. The van der Waals surface area contributed by atoms with E-state index in [4.69, 9.17) is 0 Å². The normalized spacial score (nSPS) is 12.7. The smallest absolute Gasteiger partial charge is 0.198 e. The second kappa shape index (κ2) is 7.59. The second-order valence-corrected chi connectivity index (χ2v) is 6.13. The number of nitrogens with one attached hydrogen (secondary N) is 2. The minimum Gasteiger partial charge on any atom is -0.358 e. The predicted molar refractivity (Wildman–Crippen MR) is 93.7 cm³/mol. The van der Waals surface area contributed by atoms with Crippen LogP contribution in [0, 0.1) is 6.92 Å². The molecule has 0 bridgehead atoms. The molecule has 2 rings (SSSR count). The van der Waals surface area contributed by atoms with Gasteiger partial charge in [0.2, 0.25) is 0 Å². The van der Waals surface area contributed by atoms with Gasteiger partial charge in [-0.2, -0.15) is 0 Å². The van der Waals surface area contributed by atoms with Crippen molar-refractivity contribution in [2.75, 3.05) is 13.1 Å². The lowest BCUT2D eigenvalue weighted by molar-refractivity contribution is -0.912.